The van der Waals surface area contributed by atoms with Crippen molar-refractivity contribution >= 4 is 15.9 Å². The van der Waals surface area contributed by atoms with E-state index in [1.807, 2.05) is 7.05 Å². The van der Waals surface area contributed by atoms with Gasteiger partial charge >= 0.3 is 0 Å². The molecule has 3 nitrogen and oxygen atoms in total. The molecule has 0 aliphatic rings. The highest BCUT2D eigenvalue weighted by atomic mass is 79.9. The van der Waals surface area contributed by atoms with Crippen LogP contribution in [0, 0.1) is 0 Å². The van der Waals surface area contributed by atoms with Crippen LogP contribution in [0.5, 0.6) is 0 Å². The van der Waals surface area contributed by atoms with Gasteiger partial charge in [-0.25, -0.2) is 0 Å². The lowest BCUT2D eigenvalue weighted by atomic mass is 10.0. The lowest BCUT2D eigenvalue weighted by molar-refractivity contribution is 0.126. The number of ether oxygens (including phenoxy) is 1. The summed E-state index contributed by atoms with van der Waals surface area (Å²) in [5, 5.41) is 3.41. The van der Waals surface area contributed by atoms with Crippen molar-refractivity contribution in [1.29, 1.82) is 0 Å². The number of nitrogens with zero attached hydrogens (tertiary/aromatic N) is 1. The van der Waals surface area contributed by atoms with E-state index in [1.165, 1.54) is 5.56 Å². The molecule has 1 N–H and O–H groups in total. The van der Waals surface area contributed by atoms with E-state index in [9.17, 15) is 0 Å². The van der Waals surface area contributed by atoms with Crippen LogP contribution < -0.4 is 5.32 Å². The average Bonchev–Trinajstić information content (AvgIpc) is 2.44. The highest BCUT2D eigenvalue weighted by Gasteiger charge is 2.14. The second-order valence-corrected chi connectivity index (χ2v) is 6.22. The molecule has 1 atom stereocenters. The zero-order valence-corrected chi connectivity index (χ0v) is 14.6. The molecule has 0 fully saturated rings. The molecule has 1 rings (SSSR count). The lowest BCUT2D eigenvalue weighted by Gasteiger charge is -2.28. The van der Waals surface area contributed by atoms with Gasteiger partial charge in [0, 0.05) is 36.8 Å². The summed E-state index contributed by atoms with van der Waals surface area (Å²) >= 11 is 3.48. The molecule has 0 heterocycles. The number of hydrogen-bond donors (Lipinski definition) is 1. The molecule has 20 heavy (non-hydrogen) atoms. The predicted octanol–water partition coefficient (Wildman–Crippen LogP) is 3.46. The summed E-state index contributed by atoms with van der Waals surface area (Å²) < 4.78 is 6.32. The molecule has 0 aliphatic heterocycles. The van der Waals surface area contributed by atoms with Gasteiger partial charge in [-0.3, -0.25) is 4.90 Å². The van der Waals surface area contributed by atoms with Crippen LogP contribution in [0.2, 0.25) is 0 Å². The standard InChI is InChI=1S/C16H27BrN2O/c1-13(2)19(11-12-20-4)10-9-16(18-3)14-5-7-15(17)8-6-14/h5-8,13,16,18H,9-12H2,1-4H3. The zero-order chi connectivity index (χ0) is 15.0. The largest absolute Gasteiger partial charge is 0.383 e. The van der Waals surface area contributed by atoms with Gasteiger partial charge in [-0.05, 0) is 45.0 Å². The van der Waals surface area contributed by atoms with E-state index in [-0.39, 0.29) is 0 Å². The topological polar surface area (TPSA) is 24.5 Å². The monoisotopic (exact) mass is 342 g/mol. The van der Waals surface area contributed by atoms with E-state index in [2.05, 4.69) is 64.3 Å². The van der Waals surface area contributed by atoms with Gasteiger partial charge in [0.2, 0.25) is 0 Å². The lowest BCUT2D eigenvalue weighted by Crippen LogP contribution is -2.36. The molecule has 0 aromatic heterocycles. The van der Waals surface area contributed by atoms with Gasteiger partial charge in [-0.15, -0.1) is 0 Å². The van der Waals surface area contributed by atoms with Crippen LogP contribution >= 0.6 is 15.9 Å². The first-order valence-corrected chi connectivity index (χ1v) is 8.03. The molecule has 0 radical (unpaired) electrons. The molecular weight excluding hydrogens is 316 g/mol. The number of nitrogens with one attached hydrogen (secondary N) is 1. The summed E-state index contributed by atoms with van der Waals surface area (Å²) in [6.45, 7) is 7.33. The minimum Gasteiger partial charge on any atom is -0.383 e. The van der Waals surface area contributed by atoms with Gasteiger partial charge in [-0.2, -0.15) is 0 Å². The molecule has 114 valence electrons. The van der Waals surface area contributed by atoms with E-state index < -0.39 is 0 Å². The van der Waals surface area contributed by atoms with Gasteiger partial charge < -0.3 is 10.1 Å². The van der Waals surface area contributed by atoms with Crippen molar-refractivity contribution in [1.82, 2.24) is 10.2 Å². The summed E-state index contributed by atoms with van der Waals surface area (Å²) in [6.07, 6.45) is 1.10. The summed E-state index contributed by atoms with van der Waals surface area (Å²) in [5.41, 5.74) is 1.34. The molecule has 0 spiro atoms. The Bertz CT molecular complexity index is 367. The molecule has 4 heteroatoms. The number of rotatable bonds is 9. The van der Waals surface area contributed by atoms with Crippen LogP contribution in [0.25, 0.3) is 0 Å². The first kappa shape index (κ1) is 17.6. The highest BCUT2D eigenvalue weighted by Crippen LogP contribution is 2.20. The van der Waals surface area contributed by atoms with Crippen molar-refractivity contribution in [3.8, 4) is 0 Å². The third-order valence-electron chi connectivity index (χ3n) is 3.64. The van der Waals surface area contributed by atoms with Crippen molar-refractivity contribution < 1.29 is 4.74 Å². The Hall–Kier alpha value is -0.420. The Balaban J connectivity index is 2.56. The Labute approximate surface area is 131 Å². The van der Waals surface area contributed by atoms with Gasteiger partial charge in [0.15, 0.2) is 0 Å². The smallest absolute Gasteiger partial charge is 0.0589 e. The van der Waals surface area contributed by atoms with Gasteiger partial charge in [0.25, 0.3) is 0 Å². The first-order valence-electron chi connectivity index (χ1n) is 7.24. The minimum atomic E-state index is 0.395. The van der Waals surface area contributed by atoms with Gasteiger partial charge in [0.1, 0.15) is 0 Å². The van der Waals surface area contributed by atoms with Crippen LogP contribution in [-0.2, 0) is 4.74 Å². The Morgan fingerprint density at radius 1 is 1.20 bits per heavy atom. The van der Waals surface area contributed by atoms with Crippen molar-refractivity contribution in [2.45, 2.75) is 32.4 Å². The summed E-state index contributed by atoms with van der Waals surface area (Å²) in [6, 6.07) is 9.51. The van der Waals surface area contributed by atoms with E-state index >= 15 is 0 Å². The second-order valence-electron chi connectivity index (χ2n) is 5.30. The van der Waals surface area contributed by atoms with Gasteiger partial charge in [-0.1, -0.05) is 28.1 Å². The van der Waals surface area contributed by atoms with Crippen molar-refractivity contribution in [2.24, 2.45) is 0 Å². The molecule has 1 aromatic rings. The third-order valence-corrected chi connectivity index (χ3v) is 4.17. The number of benzene rings is 1. The van der Waals surface area contributed by atoms with E-state index in [1.54, 1.807) is 7.11 Å². The maximum Gasteiger partial charge on any atom is 0.0589 e. The van der Waals surface area contributed by atoms with E-state index in [4.69, 9.17) is 4.74 Å². The van der Waals surface area contributed by atoms with Crippen LogP contribution in [0.4, 0.5) is 0 Å². The number of methoxy groups -OCH3 is 1. The maximum atomic E-state index is 5.19. The van der Waals surface area contributed by atoms with Crippen LogP contribution in [0.3, 0.4) is 0 Å². The van der Waals surface area contributed by atoms with Crippen molar-refractivity contribution in [2.75, 3.05) is 33.9 Å². The molecular formula is C16H27BrN2O. The molecule has 0 saturated carbocycles. The molecule has 0 saturated heterocycles. The fourth-order valence-electron chi connectivity index (χ4n) is 2.30. The van der Waals surface area contributed by atoms with E-state index in [0.29, 0.717) is 12.1 Å². The summed E-state index contributed by atoms with van der Waals surface area (Å²) in [4.78, 5) is 2.46. The van der Waals surface area contributed by atoms with E-state index in [0.717, 1.165) is 30.6 Å². The van der Waals surface area contributed by atoms with Crippen LogP contribution in [-0.4, -0.2) is 44.8 Å². The van der Waals surface area contributed by atoms with Crippen LogP contribution in [0.15, 0.2) is 28.7 Å². The summed E-state index contributed by atoms with van der Waals surface area (Å²) in [5.74, 6) is 0. The Morgan fingerprint density at radius 3 is 2.35 bits per heavy atom. The Kier molecular flexibility index (Phi) is 8.38. The quantitative estimate of drug-likeness (QED) is 0.743. The van der Waals surface area contributed by atoms with Gasteiger partial charge in [0.05, 0.1) is 6.61 Å². The highest BCUT2D eigenvalue weighted by molar-refractivity contribution is 9.10. The second kappa shape index (κ2) is 9.50. The third kappa shape index (κ3) is 5.92. The SMILES string of the molecule is CNC(CCN(CCOC)C(C)C)c1ccc(Br)cc1. The predicted molar refractivity (Wildman–Crippen MR) is 89.1 cm³/mol. The molecule has 1 unspecified atom stereocenters. The Morgan fingerprint density at radius 2 is 1.85 bits per heavy atom. The van der Waals surface area contributed by atoms with Crippen LogP contribution in [0.1, 0.15) is 31.9 Å². The van der Waals surface area contributed by atoms with Crippen molar-refractivity contribution in [3.05, 3.63) is 34.3 Å². The first-order chi connectivity index (χ1) is 9.58. The summed E-state index contributed by atoms with van der Waals surface area (Å²) in [7, 11) is 3.79. The maximum absolute atomic E-state index is 5.19. The average molecular weight is 343 g/mol. The molecule has 0 bridgehead atoms. The van der Waals surface area contributed by atoms with Crippen molar-refractivity contribution in [3.63, 3.8) is 0 Å². The normalized spacial score (nSPS) is 13.2. The molecule has 1 aromatic carbocycles. The number of halogens is 1. The molecule has 0 aliphatic carbocycles. The fraction of sp³-hybridized carbons (Fsp3) is 0.625. The number of hydrogen-bond acceptors (Lipinski definition) is 3. The fourth-order valence-corrected chi connectivity index (χ4v) is 2.57. The minimum absolute atomic E-state index is 0.395. The zero-order valence-electron chi connectivity index (χ0n) is 13.0. The molecule has 0 amide bonds.